The van der Waals surface area contributed by atoms with Crippen LogP contribution in [0.3, 0.4) is 0 Å². The van der Waals surface area contributed by atoms with E-state index in [0.717, 1.165) is 0 Å². The minimum Gasteiger partial charge on any atom is -0.494 e. The van der Waals surface area contributed by atoms with E-state index in [1.165, 1.54) is 6.26 Å². The molecule has 1 aromatic heterocycles. The molecule has 0 atom stereocenters. The van der Waals surface area contributed by atoms with Gasteiger partial charge in [0.15, 0.2) is 0 Å². The summed E-state index contributed by atoms with van der Waals surface area (Å²) in [6.07, 6.45) is 1.39. The van der Waals surface area contributed by atoms with Crippen molar-refractivity contribution in [1.82, 2.24) is 10.2 Å². The van der Waals surface area contributed by atoms with Crippen LogP contribution in [-0.4, -0.2) is 29.3 Å². The Hall–Kier alpha value is -3.81. The molecule has 1 aliphatic heterocycles. The highest BCUT2D eigenvalue weighted by Crippen LogP contribution is 2.26. The SMILES string of the molecule is O=C(Nc1nnc(C2=COCCO2)o1)c1ccccc1Oc1ccccc1. The largest absolute Gasteiger partial charge is 0.494 e. The Bertz CT molecular complexity index is 968. The Morgan fingerprint density at radius 3 is 2.63 bits per heavy atom. The summed E-state index contributed by atoms with van der Waals surface area (Å²) >= 11 is 0. The third kappa shape index (κ3) is 3.90. The first-order valence-corrected chi connectivity index (χ1v) is 8.21. The average molecular weight is 365 g/mol. The summed E-state index contributed by atoms with van der Waals surface area (Å²) in [5, 5.41) is 10.2. The average Bonchev–Trinajstić information content (AvgIpc) is 3.18. The predicted octanol–water partition coefficient (Wildman–Crippen LogP) is 3.46. The van der Waals surface area contributed by atoms with Crippen LogP contribution in [0.25, 0.3) is 5.76 Å². The molecule has 2 aromatic carbocycles. The van der Waals surface area contributed by atoms with Crippen molar-refractivity contribution in [2.45, 2.75) is 0 Å². The molecule has 2 heterocycles. The van der Waals surface area contributed by atoms with Crippen molar-refractivity contribution in [2.75, 3.05) is 18.5 Å². The third-order valence-electron chi connectivity index (χ3n) is 3.61. The van der Waals surface area contributed by atoms with Crippen LogP contribution < -0.4 is 10.1 Å². The van der Waals surface area contributed by atoms with Crippen molar-refractivity contribution in [3.05, 3.63) is 72.3 Å². The summed E-state index contributed by atoms with van der Waals surface area (Å²) in [5.41, 5.74) is 0.331. The van der Waals surface area contributed by atoms with E-state index in [2.05, 4.69) is 15.5 Å². The molecule has 0 radical (unpaired) electrons. The van der Waals surface area contributed by atoms with Gasteiger partial charge in [0, 0.05) is 0 Å². The summed E-state index contributed by atoms with van der Waals surface area (Å²) in [6, 6.07) is 16.0. The van der Waals surface area contributed by atoms with Gasteiger partial charge < -0.3 is 18.6 Å². The number of amides is 1. The summed E-state index contributed by atoms with van der Waals surface area (Å²) in [5.74, 6) is 1.04. The number of aromatic nitrogens is 2. The number of nitrogens with zero attached hydrogens (tertiary/aromatic N) is 2. The van der Waals surface area contributed by atoms with Gasteiger partial charge in [-0.1, -0.05) is 35.4 Å². The molecule has 1 N–H and O–H groups in total. The van der Waals surface area contributed by atoms with Gasteiger partial charge in [0.25, 0.3) is 11.8 Å². The molecule has 0 spiro atoms. The Balaban J connectivity index is 1.50. The molecule has 27 heavy (non-hydrogen) atoms. The predicted molar refractivity (Wildman–Crippen MR) is 95.1 cm³/mol. The van der Waals surface area contributed by atoms with Gasteiger partial charge in [-0.05, 0) is 24.3 Å². The van der Waals surface area contributed by atoms with Crippen molar-refractivity contribution in [3.63, 3.8) is 0 Å². The van der Waals surface area contributed by atoms with Crippen molar-refractivity contribution in [3.8, 4) is 11.5 Å². The summed E-state index contributed by atoms with van der Waals surface area (Å²) in [6.45, 7) is 0.847. The van der Waals surface area contributed by atoms with E-state index in [0.29, 0.717) is 36.0 Å². The molecule has 4 rings (SSSR count). The highest BCUT2D eigenvalue weighted by molar-refractivity contribution is 6.05. The van der Waals surface area contributed by atoms with E-state index >= 15 is 0 Å². The lowest BCUT2D eigenvalue weighted by Gasteiger charge is -2.12. The standard InChI is InChI=1S/C19H15N3O5/c23-17(20-19-22-21-18(27-19)16-12-24-10-11-25-16)14-8-4-5-9-15(14)26-13-6-2-1-3-7-13/h1-9,12H,10-11H2,(H,20,22,23). The van der Waals surface area contributed by atoms with Crippen LogP contribution in [0.15, 0.2) is 65.3 Å². The number of carbonyl (C=O) groups excluding carboxylic acids is 1. The normalized spacial score (nSPS) is 13.1. The van der Waals surface area contributed by atoms with E-state index in [4.69, 9.17) is 18.6 Å². The summed E-state index contributed by atoms with van der Waals surface area (Å²) in [7, 11) is 0. The van der Waals surface area contributed by atoms with Gasteiger partial charge in [0.05, 0.1) is 5.56 Å². The molecule has 8 heteroatoms. The van der Waals surface area contributed by atoms with Crippen LogP contribution in [0.2, 0.25) is 0 Å². The van der Waals surface area contributed by atoms with Gasteiger partial charge >= 0.3 is 6.01 Å². The lowest BCUT2D eigenvalue weighted by molar-refractivity contribution is 0.102. The number of anilines is 1. The van der Waals surface area contributed by atoms with Gasteiger partial charge in [-0.25, -0.2) is 0 Å². The molecular weight excluding hydrogens is 350 g/mol. The van der Waals surface area contributed by atoms with E-state index in [9.17, 15) is 4.79 Å². The van der Waals surface area contributed by atoms with Crippen LogP contribution in [0.5, 0.6) is 11.5 Å². The fourth-order valence-corrected chi connectivity index (χ4v) is 2.38. The number of rotatable bonds is 5. The Labute approximate surface area is 154 Å². The van der Waals surface area contributed by atoms with E-state index in [-0.39, 0.29) is 11.9 Å². The molecule has 1 amide bonds. The van der Waals surface area contributed by atoms with Crippen LogP contribution >= 0.6 is 0 Å². The molecule has 0 saturated carbocycles. The van der Waals surface area contributed by atoms with Crippen LogP contribution in [0.4, 0.5) is 6.01 Å². The molecule has 0 bridgehead atoms. The fourth-order valence-electron chi connectivity index (χ4n) is 2.38. The quantitative estimate of drug-likeness (QED) is 0.740. The zero-order valence-electron chi connectivity index (χ0n) is 14.1. The van der Waals surface area contributed by atoms with Gasteiger partial charge in [-0.2, -0.15) is 0 Å². The number of benzene rings is 2. The fraction of sp³-hybridized carbons (Fsp3) is 0.105. The molecule has 0 unspecified atom stereocenters. The van der Waals surface area contributed by atoms with Crippen LogP contribution in [0.1, 0.15) is 16.2 Å². The Morgan fingerprint density at radius 1 is 1.00 bits per heavy atom. The number of ether oxygens (including phenoxy) is 3. The molecule has 0 saturated heterocycles. The van der Waals surface area contributed by atoms with Gasteiger partial charge in [-0.15, -0.1) is 5.10 Å². The third-order valence-corrected chi connectivity index (χ3v) is 3.61. The van der Waals surface area contributed by atoms with E-state index in [1.807, 2.05) is 18.2 Å². The molecular formula is C19H15N3O5. The monoisotopic (exact) mass is 365 g/mol. The van der Waals surface area contributed by atoms with E-state index in [1.54, 1.807) is 36.4 Å². The lowest BCUT2D eigenvalue weighted by atomic mass is 10.2. The molecule has 8 nitrogen and oxygen atoms in total. The van der Waals surface area contributed by atoms with Gasteiger partial charge in [0.2, 0.25) is 5.76 Å². The van der Waals surface area contributed by atoms with Crippen LogP contribution in [0, 0.1) is 0 Å². The second kappa shape index (κ2) is 7.61. The minimum absolute atomic E-state index is 0.0559. The molecule has 0 aliphatic carbocycles. The zero-order chi connectivity index (χ0) is 18.5. The molecule has 3 aromatic rings. The zero-order valence-corrected chi connectivity index (χ0v) is 14.1. The topological polar surface area (TPSA) is 95.7 Å². The lowest BCUT2D eigenvalue weighted by Crippen LogP contribution is -2.13. The highest BCUT2D eigenvalue weighted by Gasteiger charge is 2.19. The number of para-hydroxylation sites is 2. The maximum atomic E-state index is 12.6. The smallest absolute Gasteiger partial charge is 0.322 e. The van der Waals surface area contributed by atoms with Gasteiger partial charge in [-0.3, -0.25) is 10.1 Å². The van der Waals surface area contributed by atoms with E-state index < -0.39 is 5.91 Å². The maximum Gasteiger partial charge on any atom is 0.322 e. The number of carbonyl (C=O) groups is 1. The number of hydrogen-bond donors (Lipinski definition) is 1. The first kappa shape index (κ1) is 16.6. The van der Waals surface area contributed by atoms with Crippen molar-refractivity contribution in [2.24, 2.45) is 0 Å². The highest BCUT2D eigenvalue weighted by atomic mass is 16.6. The summed E-state index contributed by atoms with van der Waals surface area (Å²) < 4.78 is 21.7. The van der Waals surface area contributed by atoms with Gasteiger partial charge in [0.1, 0.15) is 31.0 Å². The maximum absolute atomic E-state index is 12.6. The second-order valence-corrected chi connectivity index (χ2v) is 5.48. The minimum atomic E-state index is -0.438. The molecule has 1 aliphatic rings. The number of hydrogen-bond acceptors (Lipinski definition) is 7. The number of nitrogens with one attached hydrogen (secondary N) is 1. The summed E-state index contributed by atoms with van der Waals surface area (Å²) in [4.78, 5) is 12.6. The molecule has 136 valence electrons. The van der Waals surface area contributed by atoms with Crippen LogP contribution in [-0.2, 0) is 9.47 Å². The second-order valence-electron chi connectivity index (χ2n) is 5.48. The van der Waals surface area contributed by atoms with Crippen molar-refractivity contribution in [1.29, 1.82) is 0 Å². The van der Waals surface area contributed by atoms with Crippen molar-refractivity contribution >= 4 is 17.7 Å². The van der Waals surface area contributed by atoms with Crippen molar-refractivity contribution < 1.29 is 23.4 Å². The Kier molecular flexibility index (Phi) is 4.69. The Morgan fingerprint density at radius 2 is 1.81 bits per heavy atom. The first-order valence-electron chi connectivity index (χ1n) is 8.21. The first-order chi connectivity index (χ1) is 13.3. The molecule has 0 fully saturated rings.